The lowest BCUT2D eigenvalue weighted by Crippen LogP contribution is -2.20. The van der Waals surface area contributed by atoms with Crippen LogP contribution >= 0.6 is 0 Å². The fourth-order valence-electron chi connectivity index (χ4n) is 2.94. The number of pyridine rings is 1. The lowest BCUT2D eigenvalue weighted by molar-refractivity contribution is 0.100. The van der Waals surface area contributed by atoms with Gasteiger partial charge in [-0.25, -0.2) is 13.8 Å². The molecule has 1 heterocycles. The van der Waals surface area contributed by atoms with Crippen LogP contribution in [0.2, 0.25) is 0 Å². The minimum atomic E-state index is -2.81. The molecular formula is C21H16F2N2O. The maximum atomic E-state index is 13.4. The van der Waals surface area contributed by atoms with Gasteiger partial charge in [-0.15, -0.1) is 0 Å². The smallest absolute Gasteiger partial charge is 0.276 e. The number of aromatic nitrogens is 1. The third-order valence-electron chi connectivity index (χ3n) is 4.41. The number of halogens is 2. The topological polar surface area (TPSA) is 34.4 Å². The standard InChI is InChI=1S/C21H16F2N2O/c22-21(23)14-18(21)25-13-7-12-17(20(25)26)24-19(15-8-3-1-4-9-15)16-10-5-2-6-11-16/h1-13,18H,14H2. The van der Waals surface area contributed by atoms with E-state index < -0.39 is 17.5 Å². The summed E-state index contributed by atoms with van der Waals surface area (Å²) in [5.74, 6) is -2.81. The van der Waals surface area contributed by atoms with Gasteiger partial charge in [-0.05, 0) is 12.1 Å². The number of hydrogen-bond acceptors (Lipinski definition) is 2. The first kappa shape index (κ1) is 16.4. The minimum Gasteiger partial charge on any atom is -0.304 e. The van der Waals surface area contributed by atoms with Crippen LogP contribution in [0, 0.1) is 0 Å². The molecule has 0 radical (unpaired) electrons. The average Bonchev–Trinajstić information content (AvgIpc) is 3.30. The molecule has 4 rings (SSSR count). The van der Waals surface area contributed by atoms with Crippen LogP contribution in [-0.2, 0) is 0 Å². The zero-order valence-corrected chi connectivity index (χ0v) is 13.8. The molecule has 1 atom stereocenters. The molecule has 3 nitrogen and oxygen atoms in total. The highest BCUT2D eigenvalue weighted by Crippen LogP contribution is 2.51. The van der Waals surface area contributed by atoms with Gasteiger partial charge in [-0.3, -0.25) is 4.79 Å². The Hall–Kier alpha value is -3.08. The highest BCUT2D eigenvalue weighted by molar-refractivity contribution is 6.13. The Labute approximate surface area is 149 Å². The molecule has 0 saturated heterocycles. The minimum absolute atomic E-state index is 0.151. The van der Waals surface area contributed by atoms with Crippen LogP contribution in [0.4, 0.5) is 14.5 Å². The first-order valence-electron chi connectivity index (χ1n) is 8.35. The first-order valence-corrected chi connectivity index (χ1v) is 8.35. The van der Waals surface area contributed by atoms with E-state index in [1.54, 1.807) is 12.1 Å². The molecule has 1 unspecified atom stereocenters. The Morgan fingerprint density at radius 1 is 0.923 bits per heavy atom. The quantitative estimate of drug-likeness (QED) is 0.633. The zero-order chi connectivity index (χ0) is 18.1. The molecule has 1 aromatic heterocycles. The van der Waals surface area contributed by atoms with Crippen LogP contribution in [0.1, 0.15) is 23.6 Å². The van der Waals surface area contributed by atoms with E-state index in [1.165, 1.54) is 6.20 Å². The van der Waals surface area contributed by atoms with Crippen LogP contribution in [0.3, 0.4) is 0 Å². The van der Waals surface area contributed by atoms with Crippen LogP contribution in [0.25, 0.3) is 0 Å². The normalized spacial score (nSPS) is 17.5. The van der Waals surface area contributed by atoms with Crippen LogP contribution < -0.4 is 5.56 Å². The molecule has 0 bridgehead atoms. The van der Waals surface area contributed by atoms with Gasteiger partial charge < -0.3 is 4.57 Å². The SMILES string of the molecule is O=c1c(N=C(c2ccccc2)c2ccccc2)cccn1C1CC1(F)F. The van der Waals surface area contributed by atoms with E-state index in [2.05, 4.69) is 4.99 Å². The molecule has 1 aliphatic rings. The van der Waals surface area contributed by atoms with Crippen molar-refractivity contribution in [3.8, 4) is 0 Å². The van der Waals surface area contributed by atoms with Crippen LogP contribution in [-0.4, -0.2) is 16.2 Å². The Morgan fingerprint density at radius 3 is 1.96 bits per heavy atom. The number of alkyl halides is 2. The molecule has 0 amide bonds. The summed E-state index contributed by atoms with van der Waals surface area (Å²) in [6.07, 6.45) is 1.10. The van der Waals surface area contributed by atoms with Crippen LogP contribution in [0.5, 0.6) is 0 Å². The lowest BCUT2D eigenvalue weighted by atomic mass is 10.0. The van der Waals surface area contributed by atoms with Crippen molar-refractivity contribution in [1.29, 1.82) is 0 Å². The van der Waals surface area contributed by atoms with Crippen LogP contribution in [0.15, 0.2) is 88.8 Å². The van der Waals surface area contributed by atoms with E-state index in [0.29, 0.717) is 5.71 Å². The highest BCUT2D eigenvalue weighted by Gasteiger charge is 2.58. The van der Waals surface area contributed by atoms with E-state index in [0.717, 1.165) is 15.7 Å². The van der Waals surface area contributed by atoms with E-state index in [4.69, 9.17) is 0 Å². The fraction of sp³-hybridized carbons (Fsp3) is 0.143. The molecule has 1 aliphatic carbocycles. The molecule has 0 spiro atoms. The van der Waals surface area contributed by atoms with E-state index in [1.807, 2.05) is 60.7 Å². The van der Waals surface area contributed by atoms with Gasteiger partial charge in [-0.2, -0.15) is 0 Å². The third kappa shape index (κ3) is 3.08. The Balaban J connectivity index is 1.84. The number of aliphatic imine (C=N–C) groups is 1. The predicted molar refractivity (Wildman–Crippen MR) is 97.5 cm³/mol. The molecule has 26 heavy (non-hydrogen) atoms. The number of hydrogen-bond donors (Lipinski definition) is 0. The van der Waals surface area contributed by atoms with Crippen molar-refractivity contribution in [2.45, 2.75) is 18.4 Å². The van der Waals surface area contributed by atoms with Crippen molar-refractivity contribution in [2.24, 2.45) is 4.99 Å². The summed E-state index contributed by atoms with van der Waals surface area (Å²) in [5, 5.41) is 0. The molecule has 1 fully saturated rings. The van der Waals surface area contributed by atoms with Crippen molar-refractivity contribution in [3.05, 3.63) is 100 Å². The summed E-state index contributed by atoms with van der Waals surface area (Å²) < 4.78 is 27.9. The molecule has 2 aromatic carbocycles. The second-order valence-electron chi connectivity index (χ2n) is 6.28. The van der Waals surface area contributed by atoms with Gasteiger partial charge in [0, 0.05) is 23.7 Å². The summed E-state index contributed by atoms with van der Waals surface area (Å²) in [5.41, 5.74) is 1.98. The second-order valence-corrected chi connectivity index (χ2v) is 6.28. The Kier molecular flexibility index (Phi) is 3.99. The lowest BCUT2D eigenvalue weighted by Gasteiger charge is -2.09. The maximum absolute atomic E-state index is 13.4. The number of nitrogens with zero attached hydrogens (tertiary/aromatic N) is 2. The summed E-state index contributed by atoms with van der Waals surface area (Å²) in [6, 6.07) is 21.1. The molecule has 5 heteroatoms. The van der Waals surface area contributed by atoms with E-state index >= 15 is 0 Å². The van der Waals surface area contributed by atoms with Gasteiger partial charge in [0.2, 0.25) is 0 Å². The molecule has 130 valence electrons. The average molecular weight is 350 g/mol. The van der Waals surface area contributed by atoms with Crippen molar-refractivity contribution in [2.75, 3.05) is 0 Å². The first-order chi connectivity index (χ1) is 12.6. The molecule has 0 aliphatic heterocycles. The largest absolute Gasteiger partial charge is 0.304 e. The number of benzene rings is 2. The fourth-order valence-corrected chi connectivity index (χ4v) is 2.94. The van der Waals surface area contributed by atoms with Crippen molar-refractivity contribution < 1.29 is 8.78 Å². The molecule has 3 aromatic rings. The van der Waals surface area contributed by atoms with Gasteiger partial charge in [0.05, 0.1) is 5.71 Å². The highest BCUT2D eigenvalue weighted by atomic mass is 19.3. The summed E-state index contributed by atoms with van der Waals surface area (Å²) in [4.78, 5) is 17.2. The van der Waals surface area contributed by atoms with Crippen molar-refractivity contribution >= 4 is 11.4 Å². The molecule has 0 N–H and O–H groups in total. The van der Waals surface area contributed by atoms with Gasteiger partial charge in [0.25, 0.3) is 11.5 Å². The van der Waals surface area contributed by atoms with Crippen molar-refractivity contribution in [3.63, 3.8) is 0 Å². The van der Waals surface area contributed by atoms with Gasteiger partial charge in [0.15, 0.2) is 0 Å². The Morgan fingerprint density at radius 2 is 1.46 bits per heavy atom. The molecule has 1 saturated carbocycles. The van der Waals surface area contributed by atoms with E-state index in [9.17, 15) is 13.6 Å². The zero-order valence-electron chi connectivity index (χ0n) is 13.8. The van der Waals surface area contributed by atoms with Gasteiger partial charge in [0.1, 0.15) is 11.7 Å². The van der Waals surface area contributed by atoms with Crippen molar-refractivity contribution in [1.82, 2.24) is 4.57 Å². The summed E-state index contributed by atoms with van der Waals surface area (Å²) in [7, 11) is 0. The molecular weight excluding hydrogens is 334 g/mol. The monoisotopic (exact) mass is 350 g/mol. The van der Waals surface area contributed by atoms with Gasteiger partial charge in [-0.1, -0.05) is 60.7 Å². The Bertz CT molecular complexity index is 969. The third-order valence-corrected chi connectivity index (χ3v) is 4.41. The van der Waals surface area contributed by atoms with Gasteiger partial charge >= 0.3 is 0 Å². The second kappa shape index (κ2) is 6.33. The summed E-state index contributed by atoms with van der Waals surface area (Å²) in [6.45, 7) is 0. The van der Waals surface area contributed by atoms with E-state index in [-0.39, 0.29) is 12.1 Å². The predicted octanol–water partition coefficient (Wildman–Crippen LogP) is 4.60. The summed E-state index contributed by atoms with van der Waals surface area (Å²) >= 11 is 0. The number of rotatable bonds is 4. The maximum Gasteiger partial charge on any atom is 0.276 e.